The molecule has 0 radical (unpaired) electrons. The normalized spacial score (nSPS) is 38.3. The van der Waals surface area contributed by atoms with Crippen LogP contribution in [0.25, 0.3) is 0 Å². The van der Waals surface area contributed by atoms with Gasteiger partial charge in [0.05, 0.1) is 19.5 Å². The molecule has 1 unspecified atom stereocenters. The number of rotatable bonds is 4. The molecule has 5 rings (SSSR count). The van der Waals surface area contributed by atoms with E-state index in [1.54, 1.807) is 19.5 Å². The summed E-state index contributed by atoms with van der Waals surface area (Å²) >= 11 is 0. The summed E-state index contributed by atoms with van der Waals surface area (Å²) in [5, 5.41) is 3.57. The highest BCUT2D eigenvalue weighted by molar-refractivity contribution is 5.29. The third-order valence-corrected chi connectivity index (χ3v) is 6.21. The van der Waals surface area contributed by atoms with Gasteiger partial charge >= 0.3 is 0 Å². The highest BCUT2D eigenvalue weighted by Gasteiger charge is 2.53. The van der Waals surface area contributed by atoms with Crippen LogP contribution in [0.2, 0.25) is 0 Å². The first-order valence-electron chi connectivity index (χ1n) is 8.29. The molecule has 4 aliphatic rings. The smallest absolute Gasteiger partial charge is 0.223 e. The molecular weight excluding hydrogens is 262 g/mol. The SMILES string of the molecule is COc1cnc(NC(C)C23CC4CC(CC(C4)C2)C3)nc1. The summed E-state index contributed by atoms with van der Waals surface area (Å²) < 4.78 is 5.12. The molecule has 21 heavy (non-hydrogen) atoms. The second-order valence-electron chi connectivity index (χ2n) is 7.59. The van der Waals surface area contributed by atoms with E-state index in [0.29, 0.717) is 17.2 Å². The summed E-state index contributed by atoms with van der Waals surface area (Å²) in [7, 11) is 1.64. The van der Waals surface area contributed by atoms with E-state index in [2.05, 4.69) is 22.2 Å². The summed E-state index contributed by atoms with van der Waals surface area (Å²) in [6.07, 6.45) is 12.2. The lowest BCUT2D eigenvalue weighted by atomic mass is 9.48. The number of hydrogen-bond acceptors (Lipinski definition) is 4. The number of hydrogen-bond donors (Lipinski definition) is 1. The average molecular weight is 287 g/mol. The number of anilines is 1. The average Bonchev–Trinajstić information content (AvgIpc) is 2.46. The minimum atomic E-state index is 0.458. The molecule has 0 aliphatic heterocycles. The minimum absolute atomic E-state index is 0.458. The van der Waals surface area contributed by atoms with E-state index in [1.807, 2.05) is 0 Å². The van der Waals surface area contributed by atoms with Crippen molar-refractivity contribution in [1.29, 1.82) is 0 Å². The van der Waals surface area contributed by atoms with Crippen LogP contribution in [0.3, 0.4) is 0 Å². The van der Waals surface area contributed by atoms with Gasteiger partial charge in [-0.05, 0) is 68.6 Å². The molecule has 0 amide bonds. The molecule has 114 valence electrons. The van der Waals surface area contributed by atoms with Gasteiger partial charge in [-0.2, -0.15) is 0 Å². The van der Waals surface area contributed by atoms with Gasteiger partial charge in [-0.25, -0.2) is 9.97 Å². The minimum Gasteiger partial charge on any atom is -0.494 e. The number of aromatic nitrogens is 2. The Hall–Kier alpha value is -1.32. The molecule has 4 fully saturated rings. The van der Waals surface area contributed by atoms with Crippen LogP contribution in [-0.4, -0.2) is 23.1 Å². The number of nitrogens with one attached hydrogen (secondary N) is 1. The van der Waals surface area contributed by atoms with Crippen molar-refractivity contribution in [3.05, 3.63) is 12.4 Å². The van der Waals surface area contributed by atoms with Gasteiger partial charge in [-0.15, -0.1) is 0 Å². The van der Waals surface area contributed by atoms with E-state index in [0.717, 1.165) is 23.7 Å². The second kappa shape index (κ2) is 4.85. The van der Waals surface area contributed by atoms with Gasteiger partial charge in [0.15, 0.2) is 5.75 Å². The summed E-state index contributed by atoms with van der Waals surface area (Å²) in [5.41, 5.74) is 0.484. The number of methoxy groups -OCH3 is 1. The predicted octanol–water partition coefficient (Wildman–Crippen LogP) is 3.50. The fraction of sp³-hybridized carbons (Fsp3) is 0.765. The quantitative estimate of drug-likeness (QED) is 0.920. The van der Waals surface area contributed by atoms with E-state index in [4.69, 9.17) is 4.74 Å². The molecule has 1 heterocycles. The maximum absolute atomic E-state index is 5.12. The van der Waals surface area contributed by atoms with Gasteiger partial charge in [0.1, 0.15) is 0 Å². The number of ether oxygens (including phenoxy) is 1. The van der Waals surface area contributed by atoms with Gasteiger partial charge in [0.2, 0.25) is 5.95 Å². The highest BCUT2D eigenvalue weighted by Crippen LogP contribution is 2.61. The summed E-state index contributed by atoms with van der Waals surface area (Å²) in [5.74, 6) is 4.40. The van der Waals surface area contributed by atoms with Crippen molar-refractivity contribution in [1.82, 2.24) is 9.97 Å². The molecule has 4 heteroatoms. The molecule has 0 saturated heterocycles. The van der Waals surface area contributed by atoms with Gasteiger partial charge in [-0.3, -0.25) is 0 Å². The Morgan fingerprint density at radius 2 is 1.62 bits per heavy atom. The van der Waals surface area contributed by atoms with Crippen molar-refractivity contribution in [3.63, 3.8) is 0 Å². The predicted molar refractivity (Wildman–Crippen MR) is 82.3 cm³/mol. The monoisotopic (exact) mass is 287 g/mol. The first-order valence-corrected chi connectivity index (χ1v) is 8.29. The van der Waals surface area contributed by atoms with Gasteiger partial charge in [-0.1, -0.05) is 0 Å². The van der Waals surface area contributed by atoms with Crippen LogP contribution in [0.1, 0.15) is 45.4 Å². The summed E-state index contributed by atoms with van der Waals surface area (Å²) in [4.78, 5) is 8.74. The van der Waals surface area contributed by atoms with Crippen LogP contribution in [-0.2, 0) is 0 Å². The van der Waals surface area contributed by atoms with Crippen LogP contribution in [0.5, 0.6) is 5.75 Å². The Labute approximate surface area is 126 Å². The molecule has 1 aromatic rings. The lowest BCUT2D eigenvalue weighted by Crippen LogP contribution is -2.53. The molecule has 1 atom stereocenters. The van der Waals surface area contributed by atoms with Crippen LogP contribution in [0.15, 0.2) is 12.4 Å². The Morgan fingerprint density at radius 1 is 1.10 bits per heavy atom. The van der Waals surface area contributed by atoms with Crippen molar-refractivity contribution in [2.45, 2.75) is 51.5 Å². The first-order chi connectivity index (χ1) is 10.2. The van der Waals surface area contributed by atoms with Crippen molar-refractivity contribution in [3.8, 4) is 5.75 Å². The maximum atomic E-state index is 5.12. The fourth-order valence-electron chi connectivity index (χ4n) is 5.55. The zero-order chi connectivity index (χ0) is 14.4. The zero-order valence-corrected chi connectivity index (χ0v) is 13.0. The molecule has 1 N–H and O–H groups in total. The van der Waals surface area contributed by atoms with E-state index < -0.39 is 0 Å². The third kappa shape index (κ3) is 2.29. The van der Waals surface area contributed by atoms with Crippen LogP contribution in [0, 0.1) is 23.2 Å². The topological polar surface area (TPSA) is 47.0 Å². The van der Waals surface area contributed by atoms with Crippen molar-refractivity contribution in [2.24, 2.45) is 23.2 Å². The Kier molecular flexibility index (Phi) is 3.09. The molecule has 4 bridgehead atoms. The molecule has 1 aromatic heterocycles. The maximum Gasteiger partial charge on any atom is 0.223 e. The fourth-order valence-corrected chi connectivity index (χ4v) is 5.55. The van der Waals surface area contributed by atoms with E-state index in [9.17, 15) is 0 Å². The van der Waals surface area contributed by atoms with E-state index in [1.165, 1.54) is 38.5 Å². The lowest BCUT2D eigenvalue weighted by Gasteiger charge is -2.59. The molecule has 0 aromatic carbocycles. The molecule has 4 aliphatic carbocycles. The molecular formula is C17H25N3O. The highest BCUT2D eigenvalue weighted by atomic mass is 16.5. The summed E-state index contributed by atoms with van der Waals surface area (Å²) in [6.45, 7) is 2.33. The second-order valence-corrected chi connectivity index (χ2v) is 7.59. The van der Waals surface area contributed by atoms with Crippen LogP contribution < -0.4 is 10.1 Å². The van der Waals surface area contributed by atoms with E-state index >= 15 is 0 Å². The molecule has 0 spiro atoms. The van der Waals surface area contributed by atoms with Crippen molar-refractivity contribution in [2.75, 3.05) is 12.4 Å². The molecule has 4 nitrogen and oxygen atoms in total. The number of nitrogens with zero attached hydrogens (tertiary/aromatic N) is 2. The molecule has 4 saturated carbocycles. The van der Waals surface area contributed by atoms with Gasteiger partial charge in [0.25, 0.3) is 0 Å². The third-order valence-electron chi connectivity index (χ3n) is 6.21. The van der Waals surface area contributed by atoms with Crippen LogP contribution in [0.4, 0.5) is 5.95 Å². The van der Waals surface area contributed by atoms with Crippen LogP contribution >= 0.6 is 0 Å². The van der Waals surface area contributed by atoms with Crippen molar-refractivity contribution >= 4 is 5.95 Å². The Morgan fingerprint density at radius 3 is 2.10 bits per heavy atom. The van der Waals surface area contributed by atoms with Gasteiger partial charge in [0, 0.05) is 6.04 Å². The van der Waals surface area contributed by atoms with Gasteiger partial charge < -0.3 is 10.1 Å². The zero-order valence-electron chi connectivity index (χ0n) is 13.0. The Bertz CT molecular complexity index is 478. The lowest BCUT2D eigenvalue weighted by molar-refractivity contribution is -0.0603. The summed E-state index contributed by atoms with van der Waals surface area (Å²) in [6, 6.07) is 0.458. The van der Waals surface area contributed by atoms with Crippen molar-refractivity contribution < 1.29 is 4.74 Å². The Balaban J connectivity index is 1.50. The standard InChI is InChI=1S/C17H25N3O/c1-11(20-16-18-9-15(21-2)10-19-16)17-6-12-3-13(7-17)5-14(4-12)8-17/h9-14H,3-8H2,1-2H3,(H,18,19,20). The van der Waals surface area contributed by atoms with E-state index in [-0.39, 0.29) is 0 Å². The first kappa shape index (κ1) is 13.4. The largest absolute Gasteiger partial charge is 0.494 e.